The van der Waals surface area contributed by atoms with Gasteiger partial charge in [-0.1, -0.05) is 12.1 Å². The molecule has 0 unspecified atom stereocenters. The molecule has 0 aliphatic carbocycles. The molecule has 110 valence electrons. The van der Waals surface area contributed by atoms with Crippen molar-refractivity contribution in [2.24, 2.45) is 0 Å². The van der Waals surface area contributed by atoms with E-state index in [4.69, 9.17) is 0 Å². The van der Waals surface area contributed by atoms with Crippen LogP contribution < -0.4 is 4.72 Å². The molecule has 7 nitrogen and oxygen atoms in total. The summed E-state index contributed by atoms with van der Waals surface area (Å²) in [6, 6.07) is 5.22. The molecule has 8 heteroatoms. The van der Waals surface area contributed by atoms with E-state index in [1.165, 1.54) is 24.3 Å². The maximum atomic E-state index is 12.3. The van der Waals surface area contributed by atoms with Crippen molar-refractivity contribution >= 4 is 15.7 Å². The van der Waals surface area contributed by atoms with Gasteiger partial charge in [-0.3, -0.25) is 10.1 Å². The Labute approximate surface area is 117 Å². The van der Waals surface area contributed by atoms with Crippen LogP contribution >= 0.6 is 0 Å². The highest BCUT2D eigenvalue weighted by molar-refractivity contribution is 7.89. The normalized spacial score (nSPS) is 18.1. The summed E-state index contributed by atoms with van der Waals surface area (Å²) < 4.78 is 27.1. The fourth-order valence-corrected chi connectivity index (χ4v) is 3.72. The Balaban J connectivity index is 2.21. The zero-order valence-electron chi connectivity index (χ0n) is 11.2. The number of nitrogens with zero attached hydrogens (tertiary/aromatic N) is 2. The lowest BCUT2D eigenvalue weighted by molar-refractivity contribution is -0.387. The van der Waals surface area contributed by atoms with Gasteiger partial charge >= 0.3 is 0 Å². The second kappa shape index (κ2) is 5.86. The second-order valence-corrected chi connectivity index (χ2v) is 6.61. The second-order valence-electron chi connectivity index (χ2n) is 4.92. The van der Waals surface area contributed by atoms with Crippen LogP contribution in [0.1, 0.15) is 12.8 Å². The first-order valence-corrected chi connectivity index (χ1v) is 7.83. The Kier molecular flexibility index (Phi) is 4.36. The molecule has 1 aliphatic heterocycles. The average molecular weight is 299 g/mol. The van der Waals surface area contributed by atoms with E-state index in [1.807, 2.05) is 7.05 Å². The summed E-state index contributed by atoms with van der Waals surface area (Å²) in [7, 11) is -1.88. The van der Waals surface area contributed by atoms with Gasteiger partial charge in [0, 0.05) is 12.1 Å². The first-order chi connectivity index (χ1) is 9.40. The molecule has 1 aromatic rings. The van der Waals surface area contributed by atoms with Crippen LogP contribution in [0.15, 0.2) is 29.2 Å². The molecular formula is C12H17N3O4S. The summed E-state index contributed by atoms with van der Waals surface area (Å²) in [6.07, 6.45) is 1.41. The lowest BCUT2D eigenvalue weighted by atomic mass is 10.1. The molecule has 1 fully saturated rings. The number of nitrogens with one attached hydrogen (secondary N) is 1. The van der Waals surface area contributed by atoms with Gasteiger partial charge in [0.2, 0.25) is 10.0 Å². The van der Waals surface area contributed by atoms with Crippen molar-refractivity contribution in [3.8, 4) is 0 Å². The third kappa shape index (κ3) is 3.33. The van der Waals surface area contributed by atoms with Gasteiger partial charge in [-0.25, -0.2) is 13.1 Å². The minimum absolute atomic E-state index is 0.170. The first kappa shape index (κ1) is 14.9. The number of para-hydroxylation sites is 1. The number of likely N-dealkylation sites (tertiary alicyclic amines) is 1. The number of rotatable bonds is 4. The van der Waals surface area contributed by atoms with E-state index in [0.29, 0.717) is 12.8 Å². The molecule has 1 saturated heterocycles. The molecule has 20 heavy (non-hydrogen) atoms. The summed E-state index contributed by atoms with van der Waals surface area (Å²) in [6.45, 7) is 1.62. The molecule has 1 aliphatic rings. The van der Waals surface area contributed by atoms with Crippen molar-refractivity contribution in [1.82, 2.24) is 9.62 Å². The van der Waals surface area contributed by atoms with E-state index in [2.05, 4.69) is 9.62 Å². The highest BCUT2D eigenvalue weighted by Crippen LogP contribution is 2.23. The zero-order valence-corrected chi connectivity index (χ0v) is 12.0. The minimum atomic E-state index is -3.86. The van der Waals surface area contributed by atoms with E-state index in [9.17, 15) is 18.5 Å². The van der Waals surface area contributed by atoms with Crippen molar-refractivity contribution in [2.45, 2.75) is 23.8 Å². The van der Waals surface area contributed by atoms with Gasteiger partial charge < -0.3 is 4.90 Å². The van der Waals surface area contributed by atoms with E-state index in [0.717, 1.165) is 13.1 Å². The molecule has 0 spiro atoms. The smallest absolute Gasteiger partial charge is 0.289 e. The maximum Gasteiger partial charge on any atom is 0.289 e. The molecule has 1 heterocycles. The molecule has 0 atom stereocenters. The fourth-order valence-electron chi connectivity index (χ4n) is 2.24. The number of piperidine rings is 1. The van der Waals surface area contributed by atoms with Crippen LogP contribution in [0.3, 0.4) is 0 Å². The minimum Gasteiger partial charge on any atom is -0.306 e. The molecule has 1 aromatic carbocycles. The number of hydrogen-bond acceptors (Lipinski definition) is 5. The van der Waals surface area contributed by atoms with Crippen LogP contribution in [0.5, 0.6) is 0 Å². The molecule has 0 amide bonds. The van der Waals surface area contributed by atoms with Crippen LogP contribution in [-0.4, -0.2) is 44.4 Å². The molecule has 0 radical (unpaired) electrons. The lowest BCUT2D eigenvalue weighted by Crippen LogP contribution is -2.43. The summed E-state index contributed by atoms with van der Waals surface area (Å²) in [5.74, 6) is 0. The predicted molar refractivity (Wildman–Crippen MR) is 73.9 cm³/mol. The maximum absolute atomic E-state index is 12.3. The highest BCUT2D eigenvalue weighted by atomic mass is 32.2. The topological polar surface area (TPSA) is 92.6 Å². The predicted octanol–water partition coefficient (Wildman–Crippen LogP) is 0.967. The third-order valence-electron chi connectivity index (χ3n) is 3.39. The van der Waals surface area contributed by atoms with Crippen molar-refractivity contribution in [2.75, 3.05) is 20.1 Å². The average Bonchev–Trinajstić information content (AvgIpc) is 2.41. The zero-order chi connectivity index (χ0) is 14.8. The summed E-state index contributed by atoms with van der Waals surface area (Å²) >= 11 is 0. The van der Waals surface area contributed by atoms with Crippen LogP contribution in [-0.2, 0) is 10.0 Å². The van der Waals surface area contributed by atoms with Gasteiger partial charge in [-0.05, 0) is 39.0 Å². The summed E-state index contributed by atoms with van der Waals surface area (Å²) in [5.41, 5.74) is -0.395. The van der Waals surface area contributed by atoms with E-state index >= 15 is 0 Å². The van der Waals surface area contributed by atoms with Crippen LogP contribution in [0.25, 0.3) is 0 Å². The first-order valence-electron chi connectivity index (χ1n) is 6.34. The third-order valence-corrected chi connectivity index (χ3v) is 4.96. The van der Waals surface area contributed by atoms with E-state index in [-0.39, 0.29) is 10.9 Å². The van der Waals surface area contributed by atoms with Gasteiger partial charge in [0.25, 0.3) is 5.69 Å². The number of nitro groups is 1. The van der Waals surface area contributed by atoms with Crippen LogP contribution in [0.2, 0.25) is 0 Å². The van der Waals surface area contributed by atoms with Crippen molar-refractivity contribution < 1.29 is 13.3 Å². The molecule has 2 rings (SSSR count). The molecule has 0 bridgehead atoms. The molecular weight excluding hydrogens is 282 g/mol. The quantitative estimate of drug-likeness (QED) is 0.660. The van der Waals surface area contributed by atoms with E-state index in [1.54, 1.807) is 0 Å². The van der Waals surface area contributed by atoms with Crippen LogP contribution in [0.4, 0.5) is 5.69 Å². The van der Waals surface area contributed by atoms with E-state index < -0.39 is 20.6 Å². The molecule has 1 N–H and O–H groups in total. The Hall–Kier alpha value is -1.51. The Bertz CT molecular complexity index is 594. The molecule has 0 aromatic heterocycles. The number of hydrogen-bond donors (Lipinski definition) is 1. The Morgan fingerprint density at radius 3 is 2.50 bits per heavy atom. The Morgan fingerprint density at radius 2 is 1.90 bits per heavy atom. The van der Waals surface area contributed by atoms with Crippen molar-refractivity contribution in [3.63, 3.8) is 0 Å². The van der Waals surface area contributed by atoms with Gasteiger partial charge in [-0.15, -0.1) is 0 Å². The highest BCUT2D eigenvalue weighted by Gasteiger charge is 2.28. The SMILES string of the molecule is CN1CCC(NS(=O)(=O)c2ccccc2[N+](=O)[O-])CC1. The number of benzene rings is 1. The van der Waals surface area contributed by atoms with Crippen molar-refractivity contribution in [3.05, 3.63) is 34.4 Å². The van der Waals surface area contributed by atoms with Gasteiger partial charge in [-0.2, -0.15) is 0 Å². The van der Waals surface area contributed by atoms with Crippen molar-refractivity contribution in [1.29, 1.82) is 0 Å². The molecule has 0 saturated carbocycles. The monoisotopic (exact) mass is 299 g/mol. The number of sulfonamides is 1. The summed E-state index contributed by atoms with van der Waals surface area (Å²) in [4.78, 5) is 12.1. The van der Waals surface area contributed by atoms with Gasteiger partial charge in [0.1, 0.15) is 0 Å². The lowest BCUT2D eigenvalue weighted by Gasteiger charge is -2.29. The fraction of sp³-hybridized carbons (Fsp3) is 0.500. The number of nitro benzene ring substituents is 1. The standard InChI is InChI=1S/C12H17N3O4S/c1-14-8-6-10(7-9-14)13-20(18,19)12-5-3-2-4-11(12)15(16)17/h2-5,10,13H,6-9H2,1H3. The van der Waals surface area contributed by atoms with Gasteiger partial charge in [0.15, 0.2) is 4.90 Å². The largest absolute Gasteiger partial charge is 0.306 e. The summed E-state index contributed by atoms with van der Waals surface area (Å²) in [5, 5.41) is 10.9. The Morgan fingerprint density at radius 1 is 1.30 bits per heavy atom. The van der Waals surface area contributed by atoms with Crippen LogP contribution in [0, 0.1) is 10.1 Å². The van der Waals surface area contributed by atoms with Gasteiger partial charge in [0.05, 0.1) is 4.92 Å².